The summed E-state index contributed by atoms with van der Waals surface area (Å²) < 4.78 is 41.2. The molecular formula is C19H22FNO2S. The summed E-state index contributed by atoms with van der Waals surface area (Å²) in [7, 11) is -3.66. The molecule has 0 amide bonds. The van der Waals surface area contributed by atoms with Gasteiger partial charge in [-0.15, -0.1) is 0 Å². The summed E-state index contributed by atoms with van der Waals surface area (Å²) in [5.74, 6) is -0.329. The lowest BCUT2D eigenvalue weighted by atomic mass is 9.99. The minimum atomic E-state index is -3.66. The third kappa shape index (κ3) is 3.05. The van der Waals surface area contributed by atoms with Crippen LogP contribution in [-0.2, 0) is 22.9 Å². The second-order valence-corrected chi connectivity index (χ2v) is 8.17. The van der Waals surface area contributed by atoms with Crippen LogP contribution in [0.2, 0.25) is 0 Å². The number of sulfonamides is 1. The average molecular weight is 347 g/mol. The number of anilines is 1. The highest BCUT2D eigenvalue weighted by molar-refractivity contribution is 7.92. The minimum absolute atomic E-state index is 0.150. The van der Waals surface area contributed by atoms with E-state index in [1.807, 2.05) is 19.1 Å². The average Bonchev–Trinajstić information content (AvgIpc) is 2.55. The SMILES string of the molecule is CCCc1ccc(S(=O)(=O)N2c3ccc(F)cc3CC[C@H]2C)cc1. The summed E-state index contributed by atoms with van der Waals surface area (Å²) in [6.07, 6.45) is 3.33. The lowest BCUT2D eigenvalue weighted by Gasteiger charge is -2.36. The van der Waals surface area contributed by atoms with E-state index in [-0.39, 0.29) is 16.8 Å². The Kier molecular flexibility index (Phi) is 4.63. The quantitative estimate of drug-likeness (QED) is 0.826. The molecule has 1 aliphatic rings. The van der Waals surface area contributed by atoms with Crippen molar-refractivity contribution < 1.29 is 12.8 Å². The number of benzene rings is 2. The van der Waals surface area contributed by atoms with Gasteiger partial charge < -0.3 is 0 Å². The van der Waals surface area contributed by atoms with Crippen LogP contribution < -0.4 is 4.31 Å². The molecule has 2 aromatic carbocycles. The lowest BCUT2D eigenvalue weighted by Crippen LogP contribution is -2.42. The monoisotopic (exact) mass is 347 g/mol. The van der Waals surface area contributed by atoms with Gasteiger partial charge in [0.05, 0.1) is 10.6 Å². The van der Waals surface area contributed by atoms with Crippen LogP contribution in [0.3, 0.4) is 0 Å². The van der Waals surface area contributed by atoms with Crippen LogP contribution in [0.5, 0.6) is 0 Å². The minimum Gasteiger partial charge on any atom is -0.263 e. The second-order valence-electron chi connectivity index (χ2n) is 6.36. The molecule has 2 aromatic rings. The molecule has 0 bridgehead atoms. The number of nitrogens with zero attached hydrogens (tertiary/aromatic N) is 1. The summed E-state index contributed by atoms with van der Waals surface area (Å²) in [6.45, 7) is 3.99. The molecule has 1 atom stereocenters. The fourth-order valence-corrected chi connectivity index (χ4v) is 5.01. The maximum absolute atomic E-state index is 13.5. The molecule has 0 N–H and O–H groups in total. The maximum Gasteiger partial charge on any atom is 0.264 e. The first-order valence-corrected chi connectivity index (χ1v) is 9.79. The van der Waals surface area contributed by atoms with Crippen molar-refractivity contribution in [3.8, 4) is 0 Å². The predicted octanol–water partition coefficient (Wildman–Crippen LogP) is 4.31. The van der Waals surface area contributed by atoms with Gasteiger partial charge in [-0.05, 0) is 67.6 Å². The van der Waals surface area contributed by atoms with E-state index in [1.54, 1.807) is 18.2 Å². The van der Waals surface area contributed by atoms with E-state index >= 15 is 0 Å². The molecular weight excluding hydrogens is 325 g/mol. The van der Waals surface area contributed by atoms with Crippen LogP contribution in [0.4, 0.5) is 10.1 Å². The highest BCUT2D eigenvalue weighted by Crippen LogP contribution is 2.35. The zero-order valence-electron chi connectivity index (χ0n) is 14.0. The molecule has 1 aliphatic heterocycles. The lowest BCUT2D eigenvalue weighted by molar-refractivity contribution is 0.560. The van der Waals surface area contributed by atoms with Crippen LogP contribution in [0.25, 0.3) is 0 Å². The van der Waals surface area contributed by atoms with Crippen molar-refractivity contribution in [1.29, 1.82) is 0 Å². The first kappa shape index (κ1) is 17.0. The predicted molar refractivity (Wildman–Crippen MR) is 94.3 cm³/mol. The van der Waals surface area contributed by atoms with Gasteiger partial charge in [0.1, 0.15) is 5.82 Å². The second kappa shape index (κ2) is 6.55. The molecule has 3 rings (SSSR count). The summed E-state index contributed by atoms with van der Waals surface area (Å²) >= 11 is 0. The number of rotatable bonds is 4. The van der Waals surface area contributed by atoms with Gasteiger partial charge >= 0.3 is 0 Å². The largest absolute Gasteiger partial charge is 0.264 e. The van der Waals surface area contributed by atoms with Crippen LogP contribution in [0, 0.1) is 5.82 Å². The van der Waals surface area contributed by atoms with Gasteiger partial charge in [0.25, 0.3) is 10.0 Å². The molecule has 128 valence electrons. The van der Waals surface area contributed by atoms with Gasteiger partial charge in [-0.1, -0.05) is 25.5 Å². The van der Waals surface area contributed by atoms with Gasteiger partial charge in [-0.2, -0.15) is 0 Å². The van der Waals surface area contributed by atoms with Crippen molar-refractivity contribution >= 4 is 15.7 Å². The Morgan fingerprint density at radius 1 is 1.17 bits per heavy atom. The Labute approximate surface area is 143 Å². The van der Waals surface area contributed by atoms with Crippen LogP contribution in [0.15, 0.2) is 47.4 Å². The normalized spacial score (nSPS) is 17.6. The highest BCUT2D eigenvalue weighted by Gasteiger charge is 2.33. The summed E-state index contributed by atoms with van der Waals surface area (Å²) in [5, 5.41) is 0. The summed E-state index contributed by atoms with van der Waals surface area (Å²) in [5.41, 5.74) is 2.47. The highest BCUT2D eigenvalue weighted by atomic mass is 32.2. The third-order valence-corrected chi connectivity index (χ3v) is 6.47. The van der Waals surface area contributed by atoms with Crippen molar-refractivity contribution in [2.45, 2.75) is 50.5 Å². The van der Waals surface area contributed by atoms with Gasteiger partial charge in [-0.3, -0.25) is 4.31 Å². The van der Waals surface area contributed by atoms with Crippen molar-refractivity contribution in [2.75, 3.05) is 4.31 Å². The number of fused-ring (bicyclic) bond motifs is 1. The van der Waals surface area contributed by atoms with Gasteiger partial charge in [0.2, 0.25) is 0 Å². The number of halogens is 1. The van der Waals surface area contributed by atoms with E-state index in [2.05, 4.69) is 6.92 Å². The molecule has 0 saturated heterocycles. The zero-order valence-corrected chi connectivity index (χ0v) is 14.8. The number of aryl methyl sites for hydroxylation is 2. The van der Waals surface area contributed by atoms with Gasteiger partial charge in [-0.25, -0.2) is 12.8 Å². The standard InChI is InChI=1S/C19H22FNO2S/c1-3-4-15-6-10-18(11-7-15)24(22,23)21-14(2)5-8-16-13-17(20)9-12-19(16)21/h6-7,9-14H,3-5,8H2,1-2H3/t14-/m1/s1. The van der Waals surface area contributed by atoms with E-state index < -0.39 is 10.0 Å². The smallest absolute Gasteiger partial charge is 0.263 e. The molecule has 5 heteroatoms. The van der Waals surface area contributed by atoms with Crippen molar-refractivity contribution in [3.63, 3.8) is 0 Å². The molecule has 0 unspecified atom stereocenters. The van der Waals surface area contributed by atoms with Gasteiger partial charge in [0.15, 0.2) is 0 Å². The van der Waals surface area contributed by atoms with E-state index in [1.165, 1.54) is 16.4 Å². The van der Waals surface area contributed by atoms with E-state index in [4.69, 9.17) is 0 Å². The fraction of sp³-hybridized carbons (Fsp3) is 0.368. The van der Waals surface area contributed by atoms with Crippen molar-refractivity contribution in [1.82, 2.24) is 0 Å². The first-order valence-electron chi connectivity index (χ1n) is 8.35. The molecule has 0 aromatic heterocycles. The topological polar surface area (TPSA) is 37.4 Å². The van der Waals surface area contributed by atoms with Crippen LogP contribution >= 0.6 is 0 Å². The van der Waals surface area contributed by atoms with E-state index in [9.17, 15) is 12.8 Å². The van der Waals surface area contributed by atoms with Gasteiger partial charge in [0, 0.05) is 6.04 Å². The maximum atomic E-state index is 13.5. The first-order chi connectivity index (χ1) is 11.4. The molecule has 0 spiro atoms. The zero-order chi connectivity index (χ0) is 17.3. The molecule has 3 nitrogen and oxygen atoms in total. The fourth-order valence-electron chi connectivity index (χ4n) is 3.29. The Balaban J connectivity index is 2.03. The summed E-state index contributed by atoms with van der Waals surface area (Å²) in [4.78, 5) is 0.284. The molecule has 24 heavy (non-hydrogen) atoms. The van der Waals surface area contributed by atoms with Crippen molar-refractivity contribution in [3.05, 3.63) is 59.4 Å². The molecule has 0 aliphatic carbocycles. The Hall–Kier alpha value is -1.88. The number of hydrogen-bond acceptors (Lipinski definition) is 2. The summed E-state index contributed by atoms with van der Waals surface area (Å²) in [6, 6.07) is 11.3. The molecule has 0 saturated carbocycles. The Morgan fingerprint density at radius 2 is 1.88 bits per heavy atom. The Bertz CT molecular complexity index is 831. The molecule has 0 fully saturated rings. The van der Waals surface area contributed by atoms with Crippen LogP contribution in [0.1, 0.15) is 37.8 Å². The van der Waals surface area contributed by atoms with Crippen LogP contribution in [-0.4, -0.2) is 14.5 Å². The Morgan fingerprint density at radius 3 is 2.54 bits per heavy atom. The van der Waals surface area contributed by atoms with E-state index in [0.717, 1.165) is 24.0 Å². The number of hydrogen-bond donors (Lipinski definition) is 0. The van der Waals surface area contributed by atoms with E-state index in [0.29, 0.717) is 18.5 Å². The molecule has 1 heterocycles. The van der Waals surface area contributed by atoms with Crippen molar-refractivity contribution in [2.24, 2.45) is 0 Å². The molecule has 0 radical (unpaired) electrons. The third-order valence-electron chi connectivity index (χ3n) is 4.53.